The fourth-order valence-corrected chi connectivity index (χ4v) is 3.08. The average Bonchev–Trinajstić information content (AvgIpc) is 3.10. The number of hydrogen-bond acceptors (Lipinski definition) is 4. The normalized spacial score (nSPS) is 10.6. The van der Waals surface area contributed by atoms with Crippen LogP contribution in [0.1, 0.15) is 5.56 Å². The second kappa shape index (κ2) is 8.10. The molecule has 1 aromatic heterocycles. The van der Waals surface area contributed by atoms with Crippen molar-refractivity contribution < 1.29 is 4.79 Å². The van der Waals surface area contributed by atoms with Gasteiger partial charge in [-0.05, 0) is 36.8 Å². The van der Waals surface area contributed by atoms with Crippen molar-refractivity contribution in [3.05, 3.63) is 60.3 Å². The van der Waals surface area contributed by atoms with E-state index in [1.54, 1.807) is 6.20 Å². The zero-order chi connectivity index (χ0) is 18.5. The molecule has 6 heteroatoms. The number of carbonyl (C=O) groups excluding carboxylic acids is 1. The van der Waals surface area contributed by atoms with Gasteiger partial charge in [-0.25, -0.2) is 4.98 Å². The van der Waals surface area contributed by atoms with Gasteiger partial charge in [-0.15, -0.1) is 0 Å². The Morgan fingerprint density at radius 1 is 1.12 bits per heavy atom. The molecule has 0 aliphatic heterocycles. The van der Waals surface area contributed by atoms with Gasteiger partial charge in [0.25, 0.3) is 0 Å². The van der Waals surface area contributed by atoms with Gasteiger partial charge in [-0.2, -0.15) is 0 Å². The number of thioether (sulfide) groups is 1. The number of anilines is 2. The van der Waals surface area contributed by atoms with Crippen LogP contribution in [0.4, 0.5) is 11.4 Å². The second-order valence-corrected chi connectivity index (χ2v) is 7.21. The number of hydrogen-bond donors (Lipinski definition) is 2. The van der Waals surface area contributed by atoms with Crippen LogP contribution in [-0.4, -0.2) is 35.7 Å². The van der Waals surface area contributed by atoms with E-state index in [2.05, 4.69) is 46.5 Å². The first-order valence-corrected chi connectivity index (χ1v) is 9.32. The third kappa shape index (κ3) is 4.67. The summed E-state index contributed by atoms with van der Waals surface area (Å²) in [6.07, 6.45) is 1.80. The molecule has 3 aromatic rings. The van der Waals surface area contributed by atoms with Gasteiger partial charge in [0, 0.05) is 25.5 Å². The molecule has 5 nitrogen and oxygen atoms in total. The van der Waals surface area contributed by atoms with Gasteiger partial charge in [0.05, 0.1) is 17.6 Å². The van der Waals surface area contributed by atoms with Crippen molar-refractivity contribution in [1.82, 2.24) is 9.97 Å². The van der Waals surface area contributed by atoms with Gasteiger partial charge >= 0.3 is 0 Å². The van der Waals surface area contributed by atoms with E-state index in [0.29, 0.717) is 5.75 Å². The number of H-pyrrole nitrogens is 1. The lowest BCUT2D eigenvalue weighted by atomic mass is 10.1. The van der Waals surface area contributed by atoms with E-state index >= 15 is 0 Å². The van der Waals surface area contributed by atoms with Crippen molar-refractivity contribution >= 4 is 29.0 Å². The second-order valence-electron chi connectivity index (χ2n) is 6.25. The molecule has 3 rings (SSSR count). The summed E-state index contributed by atoms with van der Waals surface area (Å²) in [4.78, 5) is 21.8. The van der Waals surface area contributed by atoms with E-state index in [9.17, 15) is 4.79 Å². The first kappa shape index (κ1) is 18.1. The predicted octanol–water partition coefficient (Wildman–Crippen LogP) is 4.18. The highest BCUT2D eigenvalue weighted by atomic mass is 32.2. The SMILES string of the molecule is Cc1ccc(-c2cnc(SCC(=O)Nc3ccc(N(C)C)cc3)[nH]2)cc1. The van der Waals surface area contributed by atoms with Crippen LogP contribution in [-0.2, 0) is 4.79 Å². The molecule has 1 amide bonds. The molecule has 0 radical (unpaired) electrons. The summed E-state index contributed by atoms with van der Waals surface area (Å²) in [5.74, 6) is 0.247. The van der Waals surface area contributed by atoms with Crippen molar-refractivity contribution in [3.8, 4) is 11.3 Å². The molecular weight excluding hydrogens is 344 g/mol. The van der Waals surface area contributed by atoms with Crippen LogP contribution >= 0.6 is 11.8 Å². The molecule has 0 saturated carbocycles. The van der Waals surface area contributed by atoms with Crippen molar-refractivity contribution in [2.24, 2.45) is 0 Å². The standard InChI is InChI=1S/C20H22N4OS/c1-14-4-6-15(7-5-14)18-12-21-20(23-18)26-13-19(25)22-16-8-10-17(11-9-16)24(2)3/h4-12H,13H2,1-3H3,(H,21,23)(H,22,25). The Hall–Kier alpha value is -2.73. The van der Waals surface area contributed by atoms with E-state index in [4.69, 9.17) is 0 Å². The van der Waals surface area contributed by atoms with Gasteiger partial charge in [0.1, 0.15) is 0 Å². The molecule has 2 aromatic carbocycles. The fourth-order valence-electron chi connectivity index (χ4n) is 2.43. The number of imidazole rings is 1. The Labute approximate surface area is 157 Å². The molecular formula is C20H22N4OS. The molecule has 1 heterocycles. The van der Waals surface area contributed by atoms with Crippen LogP contribution in [0.15, 0.2) is 59.9 Å². The van der Waals surface area contributed by atoms with Crippen LogP contribution in [0.3, 0.4) is 0 Å². The lowest BCUT2D eigenvalue weighted by Gasteiger charge is -2.12. The maximum Gasteiger partial charge on any atom is 0.234 e. The molecule has 0 atom stereocenters. The quantitative estimate of drug-likeness (QED) is 0.643. The van der Waals surface area contributed by atoms with Crippen LogP contribution < -0.4 is 10.2 Å². The van der Waals surface area contributed by atoms with E-state index in [0.717, 1.165) is 27.8 Å². The molecule has 2 N–H and O–H groups in total. The molecule has 0 bridgehead atoms. The summed E-state index contributed by atoms with van der Waals surface area (Å²) in [7, 11) is 3.97. The Morgan fingerprint density at radius 2 is 1.81 bits per heavy atom. The fraction of sp³-hybridized carbons (Fsp3) is 0.200. The van der Waals surface area contributed by atoms with Crippen LogP contribution in [0.25, 0.3) is 11.3 Å². The minimum Gasteiger partial charge on any atom is -0.378 e. The number of aryl methyl sites for hydroxylation is 1. The third-order valence-corrected chi connectivity index (χ3v) is 4.81. The lowest BCUT2D eigenvalue weighted by molar-refractivity contribution is -0.113. The number of carbonyl (C=O) groups is 1. The van der Waals surface area contributed by atoms with Crippen LogP contribution in [0, 0.1) is 6.92 Å². The van der Waals surface area contributed by atoms with Crippen molar-refractivity contribution in [3.63, 3.8) is 0 Å². The topological polar surface area (TPSA) is 61.0 Å². The van der Waals surface area contributed by atoms with Crippen molar-refractivity contribution in [2.75, 3.05) is 30.1 Å². The number of rotatable bonds is 6. The lowest BCUT2D eigenvalue weighted by Crippen LogP contribution is -2.14. The van der Waals surface area contributed by atoms with Crippen LogP contribution in [0.2, 0.25) is 0 Å². The highest BCUT2D eigenvalue weighted by molar-refractivity contribution is 7.99. The van der Waals surface area contributed by atoms with Gasteiger partial charge in [0.15, 0.2) is 5.16 Å². The highest BCUT2D eigenvalue weighted by Crippen LogP contribution is 2.22. The summed E-state index contributed by atoms with van der Waals surface area (Å²) in [6.45, 7) is 2.06. The average molecular weight is 366 g/mol. The van der Waals surface area contributed by atoms with Gasteiger partial charge in [0.2, 0.25) is 5.91 Å². The van der Waals surface area contributed by atoms with E-state index in [1.807, 2.05) is 43.3 Å². The summed E-state index contributed by atoms with van der Waals surface area (Å²) in [5, 5.41) is 3.64. The third-order valence-electron chi connectivity index (χ3n) is 3.92. The Bertz CT molecular complexity index is 870. The van der Waals surface area contributed by atoms with Crippen LogP contribution in [0.5, 0.6) is 0 Å². The largest absolute Gasteiger partial charge is 0.378 e. The molecule has 0 saturated heterocycles. The first-order valence-electron chi connectivity index (χ1n) is 8.33. The minimum atomic E-state index is -0.0547. The van der Waals surface area contributed by atoms with Gasteiger partial charge in [-0.1, -0.05) is 41.6 Å². The highest BCUT2D eigenvalue weighted by Gasteiger charge is 2.08. The zero-order valence-corrected chi connectivity index (χ0v) is 15.9. The Kier molecular flexibility index (Phi) is 5.63. The summed E-state index contributed by atoms with van der Waals surface area (Å²) in [6, 6.07) is 16.0. The number of nitrogens with zero attached hydrogens (tertiary/aromatic N) is 2. The number of aromatic nitrogens is 2. The number of amides is 1. The van der Waals surface area contributed by atoms with Gasteiger partial charge < -0.3 is 15.2 Å². The maximum absolute atomic E-state index is 12.1. The zero-order valence-electron chi connectivity index (χ0n) is 15.1. The first-order chi connectivity index (χ1) is 12.5. The maximum atomic E-state index is 12.1. The molecule has 0 aliphatic rings. The molecule has 0 spiro atoms. The van der Waals surface area contributed by atoms with Gasteiger partial charge in [-0.3, -0.25) is 4.79 Å². The van der Waals surface area contributed by atoms with E-state index < -0.39 is 0 Å². The number of benzene rings is 2. The molecule has 0 fully saturated rings. The van der Waals surface area contributed by atoms with Crippen molar-refractivity contribution in [1.29, 1.82) is 0 Å². The monoisotopic (exact) mass is 366 g/mol. The van der Waals surface area contributed by atoms with E-state index in [-0.39, 0.29) is 5.91 Å². The Balaban J connectivity index is 1.54. The summed E-state index contributed by atoms with van der Waals surface area (Å²) < 4.78 is 0. The predicted molar refractivity (Wildman–Crippen MR) is 109 cm³/mol. The van der Waals surface area contributed by atoms with Crippen molar-refractivity contribution in [2.45, 2.75) is 12.1 Å². The minimum absolute atomic E-state index is 0.0547. The molecule has 134 valence electrons. The molecule has 26 heavy (non-hydrogen) atoms. The summed E-state index contributed by atoms with van der Waals surface area (Å²) >= 11 is 1.39. The Morgan fingerprint density at radius 3 is 2.46 bits per heavy atom. The number of aromatic amines is 1. The van der Waals surface area contributed by atoms with E-state index in [1.165, 1.54) is 17.3 Å². The summed E-state index contributed by atoms with van der Waals surface area (Å²) in [5.41, 5.74) is 5.14. The molecule has 0 aliphatic carbocycles. The molecule has 0 unspecified atom stereocenters. The smallest absolute Gasteiger partial charge is 0.234 e. The number of nitrogens with one attached hydrogen (secondary N) is 2.